The highest BCUT2D eigenvalue weighted by Gasteiger charge is 2.13. The minimum absolute atomic E-state index is 0.0344. The number of aromatic nitrogens is 3. The Bertz CT molecular complexity index is 1190. The molecule has 2 aromatic carbocycles. The van der Waals surface area contributed by atoms with E-state index in [0.717, 1.165) is 22.2 Å². The number of nitrogens with one attached hydrogen (secondary N) is 3. The highest BCUT2D eigenvalue weighted by atomic mass is 19.1. The third kappa shape index (κ3) is 4.11. The first-order valence-electron chi connectivity index (χ1n) is 8.83. The van der Waals surface area contributed by atoms with Crippen LogP contribution < -0.4 is 10.6 Å². The predicted octanol–water partition coefficient (Wildman–Crippen LogP) is 3.73. The molecule has 4 rings (SSSR count). The van der Waals surface area contributed by atoms with Gasteiger partial charge in [0, 0.05) is 29.0 Å². The first-order chi connectivity index (χ1) is 14.1. The lowest BCUT2D eigenvalue weighted by atomic mass is 10.1. The van der Waals surface area contributed by atoms with Crippen molar-refractivity contribution >= 4 is 34.1 Å². The molecule has 7 nitrogen and oxygen atoms in total. The molecule has 4 aromatic rings. The van der Waals surface area contributed by atoms with E-state index in [9.17, 15) is 14.0 Å². The van der Waals surface area contributed by atoms with E-state index in [-0.39, 0.29) is 5.69 Å². The largest absolute Gasteiger partial charge is 0.326 e. The van der Waals surface area contributed by atoms with E-state index in [1.165, 1.54) is 18.2 Å². The zero-order valence-corrected chi connectivity index (χ0v) is 15.1. The molecule has 2 amide bonds. The second-order valence-corrected chi connectivity index (χ2v) is 6.33. The van der Waals surface area contributed by atoms with Crippen molar-refractivity contribution in [2.45, 2.75) is 6.42 Å². The highest BCUT2D eigenvalue weighted by molar-refractivity contribution is 6.08. The molecule has 0 aliphatic rings. The predicted molar refractivity (Wildman–Crippen MR) is 108 cm³/mol. The molecule has 2 aromatic heterocycles. The number of amides is 2. The summed E-state index contributed by atoms with van der Waals surface area (Å²) in [5.41, 5.74) is 2.92. The summed E-state index contributed by atoms with van der Waals surface area (Å²) < 4.78 is 13.6. The number of halogens is 1. The third-order valence-electron chi connectivity index (χ3n) is 4.25. The quantitative estimate of drug-likeness (QED) is 0.453. The molecule has 3 N–H and O–H groups in total. The van der Waals surface area contributed by atoms with E-state index in [1.807, 2.05) is 18.2 Å². The van der Waals surface area contributed by atoms with Crippen molar-refractivity contribution in [2.75, 3.05) is 10.6 Å². The van der Waals surface area contributed by atoms with E-state index < -0.39 is 24.1 Å². The molecule has 0 saturated carbocycles. The Balaban J connectivity index is 1.43. The fourth-order valence-electron chi connectivity index (χ4n) is 2.93. The Morgan fingerprint density at radius 3 is 2.62 bits per heavy atom. The highest BCUT2D eigenvalue weighted by Crippen LogP contribution is 2.27. The van der Waals surface area contributed by atoms with E-state index in [1.54, 1.807) is 30.6 Å². The van der Waals surface area contributed by atoms with Gasteiger partial charge in [-0.3, -0.25) is 19.7 Å². The van der Waals surface area contributed by atoms with E-state index in [0.29, 0.717) is 5.69 Å². The number of benzene rings is 2. The Kier molecular flexibility index (Phi) is 4.98. The van der Waals surface area contributed by atoms with Gasteiger partial charge in [-0.1, -0.05) is 12.1 Å². The Labute approximate surface area is 165 Å². The lowest BCUT2D eigenvalue weighted by Gasteiger charge is -2.07. The molecule has 0 radical (unpaired) electrons. The molecule has 0 saturated heterocycles. The van der Waals surface area contributed by atoms with Gasteiger partial charge in [0.25, 0.3) is 0 Å². The van der Waals surface area contributed by atoms with Gasteiger partial charge in [-0.15, -0.1) is 0 Å². The van der Waals surface area contributed by atoms with Crippen LogP contribution in [0.1, 0.15) is 6.42 Å². The smallest absolute Gasteiger partial charge is 0.233 e. The molecule has 0 aliphatic heterocycles. The van der Waals surface area contributed by atoms with Crippen LogP contribution in [0.15, 0.2) is 67.0 Å². The third-order valence-corrected chi connectivity index (χ3v) is 4.25. The van der Waals surface area contributed by atoms with Gasteiger partial charge in [0.15, 0.2) is 0 Å². The number of hydrogen-bond acceptors (Lipinski definition) is 4. The van der Waals surface area contributed by atoms with E-state index >= 15 is 0 Å². The summed E-state index contributed by atoms with van der Waals surface area (Å²) in [6.45, 7) is 0. The molecule has 0 spiro atoms. The Morgan fingerprint density at radius 2 is 1.83 bits per heavy atom. The maximum Gasteiger partial charge on any atom is 0.233 e. The van der Waals surface area contributed by atoms with Crippen molar-refractivity contribution in [3.05, 3.63) is 72.8 Å². The zero-order valence-electron chi connectivity index (χ0n) is 15.1. The minimum Gasteiger partial charge on any atom is -0.326 e. The molecule has 0 bridgehead atoms. The summed E-state index contributed by atoms with van der Waals surface area (Å²) in [6.07, 6.45) is 2.98. The summed E-state index contributed by atoms with van der Waals surface area (Å²) >= 11 is 0. The number of nitrogens with zero attached hydrogens (tertiary/aromatic N) is 2. The standard InChI is InChI=1S/C21H16FN5O2/c22-16-5-1-2-6-17(16)25-20(29)11-19(28)24-14-7-8-15-18(10-14)26-27-21(15)13-4-3-9-23-12-13/h1-10,12H,11H2,(H,24,28)(H,25,29)(H,26,27). The van der Waals surface area contributed by atoms with Crippen molar-refractivity contribution in [3.8, 4) is 11.3 Å². The Hall–Kier alpha value is -4.07. The second kappa shape index (κ2) is 7.89. The number of para-hydroxylation sites is 1. The molecule has 8 heteroatoms. The molecule has 29 heavy (non-hydrogen) atoms. The Morgan fingerprint density at radius 1 is 1.00 bits per heavy atom. The number of pyridine rings is 1. The minimum atomic E-state index is -0.603. The van der Waals surface area contributed by atoms with Crippen LogP contribution in [0.4, 0.5) is 15.8 Å². The SMILES string of the molecule is O=C(CC(=O)Nc1ccccc1F)Nc1ccc2c(-c3cccnc3)n[nH]c2c1. The molecule has 2 heterocycles. The van der Waals surface area contributed by atoms with Gasteiger partial charge in [-0.25, -0.2) is 4.39 Å². The lowest BCUT2D eigenvalue weighted by Crippen LogP contribution is -2.21. The number of anilines is 2. The second-order valence-electron chi connectivity index (χ2n) is 6.33. The van der Waals surface area contributed by atoms with Crippen molar-refractivity contribution in [1.29, 1.82) is 0 Å². The fraction of sp³-hybridized carbons (Fsp3) is 0.0476. The summed E-state index contributed by atoms with van der Waals surface area (Å²) in [5.74, 6) is -1.67. The molecule has 0 aliphatic carbocycles. The molecular weight excluding hydrogens is 373 g/mol. The molecule has 0 unspecified atom stereocenters. The molecular formula is C21H16FN5O2. The number of fused-ring (bicyclic) bond motifs is 1. The molecule has 0 fully saturated rings. The van der Waals surface area contributed by atoms with Gasteiger partial charge < -0.3 is 10.6 Å². The average molecular weight is 389 g/mol. The van der Waals surface area contributed by atoms with Crippen LogP contribution in [0, 0.1) is 5.82 Å². The van der Waals surface area contributed by atoms with Crippen LogP contribution in [0.3, 0.4) is 0 Å². The van der Waals surface area contributed by atoms with Crippen molar-refractivity contribution < 1.29 is 14.0 Å². The van der Waals surface area contributed by atoms with Crippen LogP contribution in [0.2, 0.25) is 0 Å². The van der Waals surface area contributed by atoms with Crippen molar-refractivity contribution in [3.63, 3.8) is 0 Å². The number of hydrogen-bond donors (Lipinski definition) is 3. The van der Waals surface area contributed by atoms with Gasteiger partial charge in [-0.05, 0) is 42.5 Å². The van der Waals surface area contributed by atoms with E-state index in [4.69, 9.17) is 0 Å². The number of aromatic amines is 1. The van der Waals surface area contributed by atoms with Crippen molar-refractivity contribution in [2.24, 2.45) is 0 Å². The monoisotopic (exact) mass is 389 g/mol. The fourth-order valence-corrected chi connectivity index (χ4v) is 2.93. The van der Waals surface area contributed by atoms with Crippen LogP contribution in [-0.2, 0) is 9.59 Å². The maximum absolute atomic E-state index is 13.6. The maximum atomic E-state index is 13.6. The first kappa shape index (κ1) is 18.3. The number of H-pyrrole nitrogens is 1. The van der Waals surface area contributed by atoms with Crippen LogP contribution in [0.5, 0.6) is 0 Å². The van der Waals surface area contributed by atoms with Crippen molar-refractivity contribution in [1.82, 2.24) is 15.2 Å². The van der Waals surface area contributed by atoms with E-state index in [2.05, 4.69) is 25.8 Å². The number of carbonyl (C=O) groups excluding carboxylic acids is 2. The molecule has 0 atom stereocenters. The first-order valence-corrected chi connectivity index (χ1v) is 8.83. The topological polar surface area (TPSA) is 99.8 Å². The zero-order chi connectivity index (χ0) is 20.2. The summed E-state index contributed by atoms with van der Waals surface area (Å²) in [5, 5.41) is 13.2. The van der Waals surface area contributed by atoms with Crippen LogP contribution in [0.25, 0.3) is 22.2 Å². The van der Waals surface area contributed by atoms with Gasteiger partial charge in [0.05, 0.1) is 11.2 Å². The average Bonchev–Trinajstić information content (AvgIpc) is 3.13. The normalized spacial score (nSPS) is 10.7. The summed E-state index contributed by atoms with van der Waals surface area (Å²) in [6, 6.07) is 14.8. The van der Waals surface area contributed by atoms with Gasteiger partial charge in [0.2, 0.25) is 11.8 Å². The lowest BCUT2D eigenvalue weighted by molar-refractivity contribution is -0.123. The number of rotatable bonds is 5. The van der Waals surface area contributed by atoms with Crippen LogP contribution >= 0.6 is 0 Å². The number of carbonyl (C=O) groups is 2. The van der Waals surface area contributed by atoms with Gasteiger partial charge in [0.1, 0.15) is 17.9 Å². The van der Waals surface area contributed by atoms with Gasteiger partial charge >= 0.3 is 0 Å². The molecule has 144 valence electrons. The summed E-state index contributed by atoms with van der Waals surface area (Å²) in [4.78, 5) is 28.2. The summed E-state index contributed by atoms with van der Waals surface area (Å²) in [7, 11) is 0. The van der Waals surface area contributed by atoms with Gasteiger partial charge in [-0.2, -0.15) is 5.10 Å². The van der Waals surface area contributed by atoms with Crippen LogP contribution in [-0.4, -0.2) is 27.0 Å².